The Balaban J connectivity index is 0. The Kier molecular flexibility index (Phi) is 16.3. The standard InChI is InChI=1S/C2H4BF.FH/c1-2-3-4;/h2H,1H3;1H. The SMILES string of the molecule is CC=BF.F. The van der Waals surface area contributed by atoms with Gasteiger partial charge in [-0.15, -0.1) is 0 Å². The van der Waals surface area contributed by atoms with Crippen LogP contribution in [0.2, 0.25) is 0 Å². The van der Waals surface area contributed by atoms with Gasteiger partial charge in [-0.2, -0.15) is 0 Å². The van der Waals surface area contributed by atoms with Crippen LogP contribution in [0.15, 0.2) is 0 Å². The zero-order valence-electron chi connectivity index (χ0n) is 2.94. The minimum Gasteiger partial charge on any atom is -0.269 e. The van der Waals surface area contributed by atoms with E-state index < -0.39 is 0 Å². The summed E-state index contributed by atoms with van der Waals surface area (Å²) in [5.74, 6) is 1.33. The van der Waals surface area contributed by atoms with Crippen LogP contribution in [-0.4, -0.2) is 13.2 Å². The Bertz CT molecular complexity index is 22.8. The third-order valence-electron chi connectivity index (χ3n) is 0.126. The number of rotatable bonds is 0. The van der Waals surface area contributed by atoms with Crippen molar-refractivity contribution in [2.75, 3.05) is 0 Å². The van der Waals surface area contributed by atoms with E-state index in [4.69, 9.17) is 0 Å². The second kappa shape index (κ2) is 9.20. The molecule has 30 valence electrons. The molecule has 0 fully saturated rings. The van der Waals surface area contributed by atoms with E-state index in [1.165, 1.54) is 5.97 Å². The van der Waals surface area contributed by atoms with Crippen LogP contribution in [0.3, 0.4) is 0 Å². The summed E-state index contributed by atoms with van der Waals surface area (Å²) in [5.41, 5.74) is 0. The Morgan fingerprint density at radius 2 is 2.00 bits per heavy atom. The minimum absolute atomic E-state index is 0. The molecule has 0 aliphatic rings. The second-order valence-electron chi connectivity index (χ2n) is 0.459. The first-order valence-corrected chi connectivity index (χ1v) is 1.13. The van der Waals surface area contributed by atoms with Gasteiger partial charge in [0, 0.05) is 0 Å². The molecular weight excluding hydrogens is 72.8 g/mol. The predicted molar refractivity (Wildman–Crippen MR) is 21.1 cm³/mol. The molecule has 0 aromatic heterocycles. The molecule has 0 spiro atoms. The van der Waals surface area contributed by atoms with Crippen molar-refractivity contribution >= 4 is 13.2 Å². The van der Waals surface area contributed by atoms with Crippen molar-refractivity contribution < 1.29 is 9.02 Å². The van der Waals surface area contributed by atoms with Gasteiger partial charge in [0.25, 0.3) is 0 Å². The quantitative estimate of drug-likeness (QED) is 0.371. The van der Waals surface area contributed by atoms with Crippen molar-refractivity contribution in [3.05, 3.63) is 0 Å². The molecule has 0 aliphatic carbocycles. The molecule has 0 amide bonds. The van der Waals surface area contributed by atoms with Gasteiger partial charge in [0.05, 0.1) is 0 Å². The van der Waals surface area contributed by atoms with Gasteiger partial charge in [-0.1, -0.05) is 0 Å². The van der Waals surface area contributed by atoms with Gasteiger partial charge < -0.3 is 0 Å². The molecule has 0 aromatic carbocycles. The van der Waals surface area contributed by atoms with Crippen molar-refractivity contribution in [2.45, 2.75) is 6.92 Å². The van der Waals surface area contributed by atoms with Gasteiger partial charge in [-0.3, -0.25) is 4.70 Å². The molecule has 0 bridgehead atoms. The minimum atomic E-state index is 0. The molecule has 0 saturated heterocycles. The molecule has 0 heterocycles. The zero-order valence-corrected chi connectivity index (χ0v) is 2.94. The maximum atomic E-state index is 10.5. The third-order valence-corrected chi connectivity index (χ3v) is 0.126. The van der Waals surface area contributed by atoms with E-state index in [0.717, 1.165) is 0 Å². The van der Waals surface area contributed by atoms with Crippen molar-refractivity contribution in [1.82, 2.24) is 0 Å². The number of hydrogen-bond donors (Lipinski definition) is 0. The first kappa shape index (κ1) is 8.84. The summed E-state index contributed by atoms with van der Waals surface area (Å²) in [6.45, 7) is 1.62. The molecule has 0 radical (unpaired) electrons. The van der Waals surface area contributed by atoms with Crippen LogP contribution in [0.25, 0.3) is 0 Å². The van der Waals surface area contributed by atoms with E-state index in [1.807, 2.05) is 0 Å². The van der Waals surface area contributed by atoms with Crippen molar-refractivity contribution in [1.29, 1.82) is 0 Å². The van der Waals surface area contributed by atoms with Gasteiger partial charge in [0.2, 0.25) is 0 Å². The maximum absolute atomic E-state index is 10.5. The Morgan fingerprint density at radius 1 is 1.80 bits per heavy atom. The van der Waals surface area contributed by atoms with Crippen LogP contribution in [0.1, 0.15) is 6.92 Å². The predicted octanol–water partition coefficient (Wildman–Crippen LogP) is 0.550. The Hall–Kier alpha value is -0.205. The van der Waals surface area contributed by atoms with Crippen LogP contribution >= 0.6 is 0 Å². The van der Waals surface area contributed by atoms with E-state index in [-0.39, 0.29) is 4.70 Å². The molecule has 3 heteroatoms. The van der Waals surface area contributed by atoms with E-state index in [9.17, 15) is 4.32 Å². The number of halogens is 2. The fraction of sp³-hybridized carbons (Fsp3) is 0.500. The van der Waals surface area contributed by atoms with Gasteiger partial charge in [0.1, 0.15) is 0 Å². The zero-order chi connectivity index (χ0) is 3.41. The van der Waals surface area contributed by atoms with Crippen LogP contribution in [-0.2, 0) is 0 Å². The summed E-state index contributed by atoms with van der Waals surface area (Å²) in [6.07, 6.45) is 0. The van der Waals surface area contributed by atoms with E-state index in [2.05, 4.69) is 0 Å². The average molecular weight is 77.9 g/mol. The van der Waals surface area contributed by atoms with E-state index >= 15 is 0 Å². The van der Waals surface area contributed by atoms with Crippen molar-refractivity contribution in [3.8, 4) is 0 Å². The van der Waals surface area contributed by atoms with Crippen molar-refractivity contribution in [3.63, 3.8) is 0 Å². The summed E-state index contributed by atoms with van der Waals surface area (Å²) in [5, 5.41) is 0. The largest absolute Gasteiger partial charge is 0.269 e. The molecular formula is C2H5BF2. The van der Waals surface area contributed by atoms with E-state index in [1.54, 1.807) is 6.92 Å². The third kappa shape index (κ3) is 19.3. The van der Waals surface area contributed by atoms with Gasteiger partial charge in [-0.25, -0.2) is 0 Å². The first-order valence-electron chi connectivity index (χ1n) is 1.13. The van der Waals surface area contributed by atoms with Crippen molar-refractivity contribution in [2.24, 2.45) is 0 Å². The summed E-state index contributed by atoms with van der Waals surface area (Å²) in [6, 6.07) is 0. The molecule has 5 heavy (non-hydrogen) atoms. The van der Waals surface area contributed by atoms with Gasteiger partial charge in [-0.05, 0) is 0 Å². The summed E-state index contributed by atoms with van der Waals surface area (Å²) in [7, 11) is 0.500. The number of hydrogen-bond acceptors (Lipinski definition) is 0. The average Bonchev–Trinajstić information content (AvgIpc) is 1.37. The monoisotopic (exact) mass is 78.0 g/mol. The summed E-state index contributed by atoms with van der Waals surface area (Å²) >= 11 is 0. The normalized spacial score (nSPS) is 6.00. The Labute approximate surface area is 30.3 Å². The molecule has 0 rings (SSSR count). The van der Waals surface area contributed by atoms with E-state index in [0.29, 0.717) is 7.20 Å². The van der Waals surface area contributed by atoms with Crippen LogP contribution in [0, 0.1) is 0 Å². The summed E-state index contributed by atoms with van der Waals surface area (Å²) < 4.78 is 10.5. The molecule has 0 saturated carbocycles. The van der Waals surface area contributed by atoms with Gasteiger partial charge in [0.15, 0.2) is 0 Å². The fourth-order valence-corrected chi connectivity index (χ4v) is 0. The van der Waals surface area contributed by atoms with Crippen LogP contribution in [0.5, 0.6) is 0 Å². The van der Waals surface area contributed by atoms with Gasteiger partial charge >= 0.3 is 24.4 Å². The molecule has 0 aromatic rings. The topological polar surface area (TPSA) is 0 Å². The molecule has 0 N–H and O–H groups in total. The molecule has 0 nitrogen and oxygen atoms in total. The second-order valence-corrected chi connectivity index (χ2v) is 0.459. The van der Waals surface area contributed by atoms with Crippen LogP contribution < -0.4 is 0 Å². The summed E-state index contributed by atoms with van der Waals surface area (Å²) in [4.78, 5) is 0. The maximum Gasteiger partial charge on any atom is -0.269 e. The van der Waals surface area contributed by atoms with Crippen LogP contribution in [0.4, 0.5) is 9.02 Å². The Morgan fingerprint density at radius 3 is 2.00 bits per heavy atom. The molecule has 0 atom stereocenters. The smallest absolute Gasteiger partial charge is 0.269 e. The molecule has 0 unspecified atom stereocenters. The molecule has 0 aliphatic heterocycles. The first-order chi connectivity index (χ1) is 1.91. The fourth-order valence-electron chi connectivity index (χ4n) is 0.